The molecule has 0 radical (unpaired) electrons. The van der Waals surface area contributed by atoms with Crippen molar-refractivity contribution in [2.24, 2.45) is 22.2 Å². The molecule has 42 heavy (non-hydrogen) atoms. The van der Waals surface area contributed by atoms with Crippen molar-refractivity contribution in [1.29, 1.82) is 0 Å². The van der Waals surface area contributed by atoms with Gasteiger partial charge < -0.3 is 36.6 Å². The van der Waals surface area contributed by atoms with Gasteiger partial charge in [0.15, 0.2) is 5.96 Å². The van der Waals surface area contributed by atoms with Crippen LogP contribution < -0.4 is 32.0 Å². The average molecular weight is 586 g/mol. The highest BCUT2D eigenvalue weighted by Gasteiger charge is 2.31. The molecule has 1 aromatic heterocycles. The number of primary amides is 1. The number of hydrogen-bond acceptors (Lipinski definition) is 6. The van der Waals surface area contributed by atoms with Crippen molar-refractivity contribution in [2.75, 3.05) is 19.0 Å². The predicted octanol–water partition coefficient (Wildman–Crippen LogP) is 4.02. The first-order valence-corrected chi connectivity index (χ1v) is 12.6. The third-order valence-corrected chi connectivity index (χ3v) is 5.52. The number of aromatic nitrogens is 2. The van der Waals surface area contributed by atoms with E-state index in [0.29, 0.717) is 22.5 Å². The van der Waals surface area contributed by atoms with Crippen LogP contribution in [0.1, 0.15) is 23.7 Å². The zero-order chi connectivity index (χ0) is 30.9. The number of methoxy groups -OCH3 is 1. The van der Waals surface area contributed by atoms with E-state index < -0.39 is 23.9 Å². The third kappa shape index (κ3) is 8.87. The molecule has 0 aliphatic carbocycles. The molecule has 0 aliphatic rings. The van der Waals surface area contributed by atoms with Gasteiger partial charge in [0.05, 0.1) is 18.1 Å². The van der Waals surface area contributed by atoms with Crippen LogP contribution in [0.5, 0.6) is 11.5 Å². The minimum Gasteiger partial charge on any atom is -0.497 e. The summed E-state index contributed by atoms with van der Waals surface area (Å²) >= 11 is 0. The molecule has 0 unspecified atom stereocenters. The van der Waals surface area contributed by atoms with Crippen LogP contribution >= 0.6 is 0 Å². The van der Waals surface area contributed by atoms with E-state index in [1.165, 1.54) is 29.9 Å². The molecule has 3 aromatic carbocycles. The van der Waals surface area contributed by atoms with E-state index in [2.05, 4.69) is 20.0 Å². The van der Waals surface area contributed by atoms with Crippen molar-refractivity contribution in [1.82, 2.24) is 9.55 Å². The molecule has 4 aromatic rings. The summed E-state index contributed by atoms with van der Waals surface area (Å²) in [5, 5.41) is 2.76. The van der Waals surface area contributed by atoms with Crippen molar-refractivity contribution in [2.45, 2.75) is 26.3 Å². The van der Waals surface area contributed by atoms with Crippen LogP contribution in [0.3, 0.4) is 0 Å². The maximum atomic E-state index is 12.8. The summed E-state index contributed by atoms with van der Waals surface area (Å²) in [7, 11) is 1.54. The Labute approximate surface area is 239 Å². The number of guanidine groups is 1. The summed E-state index contributed by atoms with van der Waals surface area (Å²) in [4.78, 5) is 32.6. The van der Waals surface area contributed by atoms with E-state index in [4.69, 9.17) is 21.9 Å². The molecular formula is C28H30F3N7O4. The summed E-state index contributed by atoms with van der Waals surface area (Å²) < 4.78 is 48.5. The van der Waals surface area contributed by atoms with E-state index in [1.54, 1.807) is 36.4 Å². The summed E-state index contributed by atoms with van der Waals surface area (Å²) in [6.07, 6.45) is -3.87. The number of aliphatic imine (C=N–C) groups is 1. The van der Waals surface area contributed by atoms with E-state index in [9.17, 15) is 22.8 Å². The van der Waals surface area contributed by atoms with Crippen molar-refractivity contribution < 1.29 is 32.2 Å². The fraction of sp³-hybridized carbons (Fsp3) is 0.214. The molecule has 0 saturated carbocycles. The standard InChI is InChI=1S/C24H19F3N4O4.C4H11N3/c1-34-17-8-6-16(7-9-17)29-23(33)15-5-10-20-19(12-15)30-22(31(20)13-21(28)32)14-3-2-4-18(11-14)35-24(25,26)27;1-2-3-7-4(5)6/h2-12H,13H2,1H3,(H2,28,32)(H,29,33);2-3H2,1H3,(H4,5,6,7). The number of hydrogen-bond donors (Lipinski definition) is 4. The van der Waals surface area contributed by atoms with Gasteiger partial charge in [-0.2, -0.15) is 0 Å². The van der Waals surface area contributed by atoms with Gasteiger partial charge in [-0.05, 0) is 61.0 Å². The smallest absolute Gasteiger partial charge is 0.497 e. The Hall–Kier alpha value is -5.27. The number of benzene rings is 3. The molecule has 14 heteroatoms. The molecule has 0 aliphatic heterocycles. The zero-order valence-electron chi connectivity index (χ0n) is 22.8. The highest BCUT2D eigenvalue weighted by Crippen LogP contribution is 2.30. The predicted molar refractivity (Wildman–Crippen MR) is 153 cm³/mol. The molecule has 0 atom stereocenters. The number of nitrogens with zero attached hydrogens (tertiary/aromatic N) is 3. The maximum absolute atomic E-state index is 12.8. The summed E-state index contributed by atoms with van der Waals surface area (Å²) in [5.74, 6) is -0.493. The Morgan fingerprint density at radius 3 is 2.29 bits per heavy atom. The van der Waals surface area contributed by atoms with E-state index >= 15 is 0 Å². The first-order chi connectivity index (χ1) is 19.9. The van der Waals surface area contributed by atoms with Crippen LogP contribution in [-0.4, -0.2) is 47.3 Å². The number of imidazole rings is 1. The molecule has 222 valence electrons. The average Bonchev–Trinajstić information content (AvgIpc) is 3.28. The number of alkyl halides is 3. The highest BCUT2D eigenvalue weighted by molar-refractivity contribution is 6.06. The fourth-order valence-electron chi connectivity index (χ4n) is 3.76. The lowest BCUT2D eigenvalue weighted by Crippen LogP contribution is -2.22. The monoisotopic (exact) mass is 585 g/mol. The first kappa shape index (κ1) is 31.3. The van der Waals surface area contributed by atoms with Gasteiger partial charge in [0, 0.05) is 23.4 Å². The normalized spacial score (nSPS) is 10.8. The van der Waals surface area contributed by atoms with E-state index in [0.717, 1.165) is 25.1 Å². The number of carbonyl (C=O) groups excluding carboxylic acids is 2. The number of fused-ring (bicyclic) bond motifs is 1. The van der Waals surface area contributed by atoms with Gasteiger partial charge >= 0.3 is 6.36 Å². The number of amides is 2. The Balaban J connectivity index is 0.000000616. The fourth-order valence-corrected chi connectivity index (χ4v) is 3.76. The number of nitrogens with two attached hydrogens (primary N) is 3. The highest BCUT2D eigenvalue weighted by atomic mass is 19.4. The Morgan fingerprint density at radius 2 is 1.71 bits per heavy atom. The van der Waals surface area contributed by atoms with Crippen molar-refractivity contribution in [3.63, 3.8) is 0 Å². The van der Waals surface area contributed by atoms with Gasteiger partial charge in [0.25, 0.3) is 5.91 Å². The zero-order valence-corrected chi connectivity index (χ0v) is 22.8. The second-order valence-electron chi connectivity index (χ2n) is 8.76. The van der Waals surface area contributed by atoms with E-state index in [1.807, 2.05) is 6.92 Å². The summed E-state index contributed by atoms with van der Waals surface area (Å²) in [5.41, 5.74) is 17.3. The Bertz CT molecular complexity index is 1560. The lowest BCUT2D eigenvalue weighted by atomic mass is 10.1. The Morgan fingerprint density at radius 1 is 1.00 bits per heavy atom. The first-order valence-electron chi connectivity index (χ1n) is 12.6. The number of anilines is 1. The molecule has 0 bridgehead atoms. The number of carbonyl (C=O) groups is 2. The van der Waals surface area contributed by atoms with Crippen molar-refractivity contribution in [3.8, 4) is 22.9 Å². The molecule has 7 N–H and O–H groups in total. The van der Waals surface area contributed by atoms with Crippen LogP contribution in [0, 0.1) is 0 Å². The molecule has 2 amide bonds. The molecule has 4 rings (SSSR count). The van der Waals surface area contributed by atoms with Crippen LogP contribution in [0.25, 0.3) is 22.4 Å². The molecule has 1 heterocycles. The second kappa shape index (κ2) is 13.9. The molecule has 0 spiro atoms. The Kier molecular flexibility index (Phi) is 10.3. The molecular weight excluding hydrogens is 555 g/mol. The SMILES string of the molecule is CCCN=C(N)N.COc1ccc(NC(=O)c2ccc3c(c2)nc(-c2cccc(OC(F)(F)F)c2)n3CC(N)=O)cc1. The van der Waals surface area contributed by atoms with Gasteiger partial charge in [-0.3, -0.25) is 14.6 Å². The van der Waals surface area contributed by atoms with Gasteiger partial charge in [0.1, 0.15) is 23.9 Å². The topological polar surface area (TPSA) is 173 Å². The van der Waals surface area contributed by atoms with Gasteiger partial charge in [-0.1, -0.05) is 19.1 Å². The number of nitrogens with one attached hydrogen (secondary N) is 1. The summed E-state index contributed by atoms with van der Waals surface area (Å²) in [6, 6.07) is 16.6. The van der Waals surface area contributed by atoms with Gasteiger partial charge in [0.2, 0.25) is 5.91 Å². The van der Waals surface area contributed by atoms with Crippen molar-refractivity contribution in [3.05, 3.63) is 72.3 Å². The quantitative estimate of drug-likeness (QED) is 0.170. The lowest BCUT2D eigenvalue weighted by molar-refractivity contribution is -0.274. The molecule has 0 fully saturated rings. The third-order valence-electron chi connectivity index (χ3n) is 5.52. The van der Waals surface area contributed by atoms with Crippen LogP contribution in [0.4, 0.5) is 18.9 Å². The van der Waals surface area contributed by atoms with Crippen LogP contribution in [0.15, 0.2) is 71.7 Å². The largest absolute Gasteiger partial charge is 0.573 e. The van der Waals surface area contributed by atoms with Crippen LogP contribution in [-0.2, 0) is 11.3 Å². The maximum Gasteiger partial charge on any atom is 0.573 e. The second-order valence-corrected chi connectivity index (χ2v) is 8.76. The molecule has 11 nitrogen and oxygen atoms in total. The summed E-state index contributed by atoms with van der Waals surface area (Å²) in [6.45, 7) is 2.49. The number of rotatable bonds is 9. The lowest BCUT2D eigenvalue weighted by Gasteiger charge is -2.11. The number of halogens is 3. The van der Waals surface area contributed by atoms with Gasteiger partial charge in [-0.15, -0.1) is 13.2 Å². The van der Waals surface area contributed by atoms with Crippen LogP contribution in [0.2, 0.25) is 0 Å². The van der Waals surface area contributed by atoms with E-state index in [-0.39, 0.29) is 29.5 Å². The minimum absolute atomic E-state index is 0.182. The number of ether oxygens (including phenoxy) is 2. The van der Waals surface area contributed by atoms with Gasteiger partial charge in [-0.25, -0.2) is 4.98 Å². The molecule has 0 saturated heterocycles. The van der Waals surface area contributed by atoms with Crippen molar-refractivity contribution >= 4 is 34.5 Å². The minimum atomic E-state index is -4.86.